The van der Waals surface area contributed by atoms with E-state index in [9.17, 15) is 17.6 Å². The van der Waals surface area contributed by atoms with Crippen LogP contribution in [-0.4, -0.2) is 49.7 Å². The lowest BCUT2D eigenvalue weighted by Crippen LogP contribution is -2.50. The van der Waals surface area contributed by atoms with Crippen molar-refractivity contribution in [1.82, 2.24) is 9.21 Å². The number of hydrogen-bond acceptors (Lipinski definition) is 3. The van der Waals surface area contributed by atoms with Crippen LogP contribution in [0.5, 0.6) is 0 Å². The van der Waals surface area contributed by atoms with E-state index in [2.05, 4.69) is 0 Å². The molecule has 0 N–H and O–H groups in total. The molecule has 0 bridgehead atoms. The molecule has 1 aliphatic heterocycles. The Labute approximate surface area is 163 Å². The third-order valence-electron chi connectivity index (χ3n) is 4.98. The number of piperazine rings is 1. The minimum absolute atomic E-state index is 0.0682. The first-order chi connectivity index (χ1) is 13.5. The number of carbonyl (C=O) groups excluding carboxylic acids is 1. The number of amides is 1. The Kier molecular flexibility index (Phi) is 4.87. The van der Waals surface area contributed by atoms with Crippen molar-refractivity contribution in [2.45, 2.75) is 4.90 Å². The Morgan fingerprint density at radius 3 is 2.29 bits per heavy atom. The van der Waals surface area contributed by atoms with Crippen molar-refractivity contribution < 1.29 is 17.6 Å². The summed E-state index contributed by atoms with van der Waals surface area (Å²) >= 11 is 0. The second-order valence-corrected chi connectivity index (χ2v) is 8.62. The molecule has 0 radical (unpaired) electrons. The van der Waals surface area contributed by atoms with Crippen LogP contribution in [0.25, 0.3) is 10.8 Å². The average Bonchev–Trinajstić information content (AvgIpc) is 2.73. The summed E-state index contributed by atoms with van der Waals surface area (Å²) in [6.45, 7) is 0.928. The number of sulfonamides is 1. The van der Waals surface area contributed by atoms with Gasteiger partial charge in [0.05, 0.1) is 4.90 Å². The van der Waals surface area contributed by atoms with Crippen LogP contribution >= 0.6 is 0 Å². The third-order valence-corrected chi connectivity index (χ3v) is 6.87. The molecule has 3 aromatic rings. The van der Waals surface area contributed by atoms with Crippen molar-refractivity contribution in [1.29, 1.82) is 0 Å². The van der Waals surface area contributed by atoms with Gasteiger partial charge in [-0.15, -0.1) is 0 Å². The van der Waals surface area contributed by atoms with Crippen LogP contribution in [0, 0.1) is 5.82 Å². The molecule has 7 heteroatoms. The molecule has 28 heavy (non-hydrogen) atoms. The number of halogens is 1. The van der Waals surface area contributed by atoms with Gasteiger partial charge in [-0.3, -0.25) is 4.79 Å². The number of fused-ring (bicyclic) bond motifs is 1. The summed E-state index contributed by atoms with van der Waals surface area (Å²) in [5, 5.41) is 1.87. The minimum atomic E-state index is -3.78. The van der Waals surface area contributed by atoms with E-state index in [-0.39, 0.29) is 37.0 Å². The quantitative estimate of drug-likeness (QED) is 0.681. The van der Waals surface area contributed by atoms with Crippen molar-refractivity contribution in [3.8, 4) is 0 Å². The molecule has 0 unspecified atom stereocenters. The molecule has 0 aliphatic carbocycles. The highest BCUT2D eigenvalue weighted by molar-refractivity contribution is 7.89. The zero-order chi connectivity index (χ0) is 19.7. The first kappa shape index (κ1) is 18.6. The largest absolute Gasteiger partial charge is 0.336 e. The molecule has 0 aromatic heterocycles. The van der Waals surface area contributed by atoms with Gasteiger partial charge in [0.2, 0.25) is 10.0 Å². The minimum Gasteiger partial charge on any atom is -0.336 e. The topological polar surface area (TPSA) is 57.7 Å². The highest BCUT2D eigenvalue weighted by Gasteiger charge is 2.31. The van der Waals surface area contributed by atoms with Crippen molar-refractivity contribution >= 4 is 26.7 Å². The maximum atomic E-state index is 13.4. The molecular formula is C21H19FN2O3S. The standard InChI is InChI=1S/C21H19FN2O3S/c22-17-7-4-8-18(15-17)28(26,27)24-13-11-23(12-14-24)21(25)20-10-3-6-16-5-1-2-9-19(16)20/h1-10,15H,11-14H2. The first-order valence-electron chi connectivity index (χ1n) is 8.99. The molecule has 0 saturated carbocycles. The van der Waals surface area contributed by atoms with Crippen molar-refractivity contribution in [2.75, 3.05) is 26.2 Å². The van der Waals surface area contributed by atoms with Crippen molar-refractivity contribution in [3.05, 3.63) is 78.1 Å². The number of hydrogen-bond donors (Lipinski definition) is 0. The lowest BCUT2D eigenvalue weighted by atomic mass is 10.0. The summed E-state index contributed by atoms with van der Waals surface area (Å²) in [7, 11) is -3.78. The van der Waals surface area contributed by atoms with Crippen LogP contribution in [-0.2, 0) is 10.0 Å². The molecule has 1 amide bonds. The number of rotatable bonds is 3. The maximum absolute atomic E-state index is 13.4. The number of carbonyl (C=O) groups is 1. The first-order valence-corrected chi connectivity index (χ1v) is 10.4. The van der Waals surface area contributed by atoms with E-state index in [1.807, 2.05) is 36.4 Å². The zero-order valence-corrected chi connectivity index (χ0v) is 15.9. The van der Waals surface area contributed by atoms with Gasteiger partial charge in [0.15, 0.2) is 0 Å². The summed E-state index contributed by atoms with van der Waals surface area (Å²) in [5.41, 5.74) is 0.611. The summed E-state index contributed by atoms with van der Waals surface area (Å²) in [4.78, 5) is 14.6. The molecule has 1 heterocycles. The zero-order valence-electron chi connectivity index (χ0n) is 15.1. The Morgan fingerprint density at radius 1 is 0.857 bits per heavy atom. The van der Waals surface area contributed by atoms with Crippen LogP contribution < -0.4 is 0 Å². The summed E-state index contributed by atoms with van der Waals surface area (Å²) < 4.78 is 40.1. The lowest BCUT2D eigenvalue weighted by Gasteiger charge is -2.34. The monoisotopic (exact) mass is 398 g/mol. The van der Waals surface area contributed by atoms with Gasteiger partial charge < -0.3 is 4.90 Å². The summed E-state index contributed by atoms with van der Waals surface area (Å²) in [6.07, 6.45) is 0. The fourth-order valence-corrected chi connectivity index (χ4v) is 4.94. The second kappa shape index (κ2) is 7.33. The molecule has 3 aromatic carbocycles. The van der Waals surface area contributed by atoms with Crippen LogP contribution in [0.3, 0.4) is 0 Å². The fourth-order valence-electron chi connectivity index (χ4n) is 3.49. The van der Waals surface area contributed by atoms with E-state index >= 15 is 0 Å². The van der Waals surface area contributed by atoms with Gasteiger partial charge in [0, 0.05) is 31.7 Å². The van der Waals surface area contributed by atoms with E-state index in [0.29, 0.717) is 5.56 Å². The predicted molar refractivity (Wildman–Crippen MR) is 105 cm³/mol. The lowest BCUT2D eigenvalue weighted by molar-refractivity contribution is 0.0700. The van der Waals surface area contributed by atoms with Crippen molar-refractivity contribution in [3.63, 3.8) is 0 Å². The van der Waals surface area contributed by atoms with Crippen LogP contribution in [0.15, 0.2) is 71.6 Å². The molecule has 4 rings (SSSR count). The van der Waals surface area contributed by atoms with Gasteiger partial charge in [-0.05, 0) is 35.0 Å². The normalized spacial score (nSPS) is 15.7. The van der Waals surface area contributed by atoms with Gasteiger partial charge in [0.1, 0.15) is 5.82 Å². The van der Waals surface area contributed by atoms with Crippen molar-refractivity contribution in [2.24, 2.45) is 0 Å². The highest BCUT2D eigenvalue weighted by Crippen LogP contribution is 2.22. The molecule has 1 fully saturated rings. The molecular weight excluding hydrogens is 379 g/mol. The Morgan fingerprint density at radius 2 is 1.54 bits per heavy atom. The molecule has 5 nitrogen and oxygen atoms in total. The van der Waals surface area contributed by atoms with E-state index in [4.69, 9.17) is 0 Å². The number of nitrogens with zero attached hydrogens (tertiary/aromatic N) is 2. The average molecular weight is 398 g/mol. The predicted octanol–water partition coefficient (Wildman–Crippen LogP) is 3.13. The maximum Gasteiger partial charge on any atom is 0.254 e. The van der Waals surface area contributed by atoms with Gasteiger partial charge in [-0.1, -0.05) is 42.5 Å². The second-order valence-electron chi connectivity index (χ2n) is 6.68. The van der Waals surface area contributed by atoms with Crippen LogP contribution in [0.2, 0.25) is 0 Å². The summed E-state index contributed by atoms with van der Waals surface area (Å²) in [5.74, 6) is -0.703. The molecule has 0 spiro atoms. The van der Waals surface area contributed by atoms with E-state index in [1.54, 1.807) is 11.0 Å². The molecule has 0 atom stereocenters. The summed E-state index contributed by atoms with van der Waals surface area (Å²) in [6, 6.07) is 18.3. The van der Waals surface area contributed by atoms with E-state index in [1.165, 1.54) is 22.5 Å². The Balaban J connectivity index is 1.52. The Bertz CT molecular complexity index is 1130. The highest BCUT2D eigenvalue weighted by atomic mass is 32.2. The smallest absolute Gasteiger partial charge is 0.254 e. The molecule has 1 aliphatic rings. The van der Waals surface area contributed by atoms with Crippen LogP contribution in [0.1, 0.15) is 10.4 Å². The molecule has 144 valence electrons. The van der Waals surface area contributed by atoms with E-state index < -0.39 is 15.8 Å². The Hall–Kier alpha value is -2.77. The van der Waals surface area contributed by atoms with E-state index in [0.717, 1.165) is 16.8 Å². The van der Waals surface area contributed by atoms with Gasteiger partial charge in [-0.25, -0.2) is 12.8 Å². The van der Waals surface area contributed by atoms with Crippen LogP contribution in [0.4, 0.5) is 4.39 Å². The third kappa shape index (κ3) is 3.39. The molecule has 1 saturated heterocycles. The SMILES string of the molecule is O=C(c1cccc2ccccc12)N1CCN(S(=O)(=O)c2cccc(F)c2)CC1. The van der Waals surface area contributed by atoms with Gasteiger partial charge in [0.25, 0.3) is 5.91 Å². The number of benzene rings is 3. The van der Waals surface area contributed by atoms with Gasteiger partial charge in [-0.2, -0.15) is 4.31 Å². The fraction of sp³-hybridized carbons (Fsp3) is 0.190. The van der Waals surface area contributed by atoms with Gasteiger partial charge >= 0.3 is 0 Å².